The van der Waals surface area contributed by atoms with Crippen molar-refractivity contribution in [2.45, 2.75) is 19.8 Å². The number of nitrogens with one attached hydrogen (secondary N) is 1. The highest BCUT2D eigenvalue weighted by molar-refractivity contribution is 6.09. The Morgan fingerprint density at radius 2 is 2.06 bits per heavy atom. The zero-order valence-corrected chi connectivity index (χ0v) is 9.49. The summed E-state index contributed by atoms with van der Waals surface area (Å²) in [5.74, 6) is -1.08. The average Bonchev–Trinajstić information content (AvgIpc) is 2.71. The Balaban J connectivity index is 2.36. The molecule has 0 fully saturated rings. The highest BCUT2D eigenvalue weighted by atomic mass is 16.4. The van der Waals surface area contributed by atoms with E-state index in [0.717, 1.165) is 16.5 Å². The topological polar surface area (TPSA) is 70.2 Å². The Morgan fingerprint density at radius 3 is 2.76 bits per heavy atom. The van der Waals surface area contributed by atoms with E-state index in [4.69, 9.17) is 5.11 Å². The number of carbonyl (C=O) groups excluding carboxylic acids is 1. The van der Waals surface area contributed by atoms with Gasteiger partial charge in [0.15, 0.2) is 5.78 Å². The molecule has 88 valence electrons. The van der Waals surface area contributed by atoms with Crippen LogP contribution in [0, 0.1) is 6.92 Å². The van der Waals surface area contributed by atoms with E-state index in [1.165, 1.54) is 0 Å². The number of carboxylic acid groups (broad SMARTS) is 1. The quantitative estimate of drug-likeness (QED) is 0.794. The lowest BCUT2D eigenvalue weighted by Crippen LogP contribution is -2.03. The van der Waals surface area contributed by atoms with Crippen LogP contribution in [-0.4, -0.2) is 21.8 Å². The van der Waals surface area contributed by atoms with Gasteiger partial charge in [-0.15, -0.1) is 0 Å². The monoisotopic (exact) mass is 231 g/mol. The first-order valence-electron chi connectivity index (χ1n) is 5.41. The van der Waals surface area contributed by atoms with Gasteiger partial charge in [-0.3, -0.25) is 9.59 Å². The molecule has 4 nitrogen and oxygen atoms in total. The van der Waals surface area contributed by atoms with Crippen molar-refractivity contribution in [2.75, 3.05) is 0 Å². The number of aliphatic carboxylic acids is 1. The molecular formula is C13H13NO3. The van der Waals surface area contributed by atoms with Gasteiger partial charge in [0.05, 0.1) is 6.42 Å². The molecule has 0 bridgehead atoms. The number of ketones is 1. The van der Waals surface area contributed by atoms with Crippen LogP contribution in [0.5, 0.6) is 0 Å². The number of H-pyrrole nitrogens is 1. The van der Waals surface area contributed by atoms with Gasteiger partial charge in [0.1, 0.15) is 0 Å². The number of fused-ring (bicyclic) bond motifs is 1. The molecule has 0 aliphatic heterocycles. The minimum absolute atomic E-state index is 0.0383. The van der Waals surface area contributed by atoms with Crippen molar-refractivity contribution < 1.29 is 14.7 Å². The van der Waals surface area contributed by atoms with E-state index in [9.17, 15) is 9.59 Å². The van der Waals surface area contributed by atoms with E-state index in [0.29, 0.717) is 5.56 Å². The predicted octanol–water partition coefficient (Wildman–Crippen LogP) is 2.52. The molecule has 0 amide bonds. The van der Waals surface area contributed by atoms with Gasteiger partial charge >= 0.3 is 5.97 Å². The van der Waals surface area contributed by atoms with Crippen LogP contribution in [0.25, 0.3) is 10.9 Å². The minimum Gasteiger partial charge on any atom is -0.481 e. The van der Waals surface area contributed by atoms with Crippen LogP contribution in [0.4, 0.5) is 0 Å². The number of aromatic amines is 1. The van der Waals surface area contributed by atoms with Crippen molar-refractivity contribution in [1.82, 2.24) is 4.98 Å². The number of rotatable bonds is 4. The molecule has 0 saturated heterocycles. The second-order valence-electron chi connectivity index (χ2n) is 4.02. The first kappa shape index (κ1) is 11.4. The molecule has 1 aromatic carbocycles. The third-order valence-corrected chi connectivity index (χ3v) is 2.78. The lowest BCUT2D eigenvalue weighted by atomic mass is 10.0. The van der Waals surface area contributed by atoms with Crippen molar-refractivity contribution in [3.8, 4) is 0 Å². The number of aromatic nitrogens is 1. The van der Waals surface area contributed by atoms with Crippen LogP contribution in [0.3, 0.4) is 0 Å². The van der Waals surface area contributed by atoms with E-state index in [2.05, 4.69) is 4.98 Å². The standard InChI is InChI=1S/C13H13NO3/c1-8-3-2-4-10-13(8)9(7-14-10)11(15)5-6-12(16)17/h2-4,7,14H,5-6H2,1H3,(H,16,17). The highest BCUT2D eigenvalue weighted by Gasteiger charge is 2.14. The zero-order valence-electron chi connectivity index (χ0n) is 9.49. The summed E-state index contributed by atoms with van der Waals surface area (Å²) in [7, 11) is 0. The fourth-order valence-electron chi connectivity index (χ4n) is 1.94. The van der Waals surface area contributed by atoms with Gasteiger partial charge in [-0.25, -0.2) is 0 Å². The third kappa shape index (κ3) is 2.20. The van der Waals surface area contributed by atoms with E-state index in [1.807, 2.05) is 25.1 Å². The van der Waals surface area contributed by atoms with Gasteiger partial charge in [-0.05, 0) is 18.6 Å². The molecule has 2 aromatic rings. The first-order valence-corrected chi connectivity index (χ1v) is 5.41. The first-order chi connectivity index (χ1) is 8.09. The Kier molecular flexibility index (Phi) is 2.95. The number of hydrogen-bond donors (Lipinski definition) is 2. The van der Waals surface area contributed by atoms with Crippen molar-refractivity contribution in [3.05, 3.63) is 35.5 Å². The predicted molar refractivity (Wildman–Crippen MR) is 64.2 cm³/mol. The van der Waals surface area contributed by atoms with Gasteiger partial charge < -0.3 is 10.1 Å². The van der Waals surface area contributed by atoms with Crippen LogP contribution in [0.2, 0.25) is 0 Å². The van der Waals surface area contributed by atoms with Gasteiger partial charge in [0, 0.05) is 29.1 Å². The molecule has 0 atom stereocenters. The summed E-state index contributed by atoms with van der Waals surface area (Å²) in [6.45, 7) is 1.93. The molecule has 0 aliphatic carbocycles. The highest BCUT2D eigenvalue weighted by Crippen LogP contribution is 2.23. The number of benzene rings is 1. The summed E-state index contributed by atoms with van der Waals surface area (Å²) in [6.07, 6.45) is 1.57. The van der Waals surface area contributed by atoms with Crippen molar-refractivity contribution in [2.24, 2.45) is 0 Å². The molecular weight excluding hydrogens is 218 g/mol. The van der Waals surface area contributed by atoms with Crippen LogP contribution in [-0.2, 0) is 4.79 Å². The lowest BCUT2D eigenvalue weighted by Gasteiger charge is -2.00. The van der Waals surface area contributed by atoms with Crippen LogP contribution in [0.15, 0.2) is 24.4 Å². The lowest BCUT2D eigenvalue weighted by molar-refractivity contribution is -0.136. The molecule has 0 saturated carbocycles. The van der Waals surface area contributed by atoms with Crippen LogP contribution in [0.1, 0.15) is 28.8 Å². The maximum absolute atomic E-state index is 11.9. The summed E-state index contributed by atoms with van der Waals surface area (Å²) in [6, 6.07) is 5.75. The smallest absolute Gasteiger partial charge is 0.303 e. The fourth-order valence-corrected chi connectivity index (χ4v) is 1.94. The molecule has 0 aliphatic rings. The summed E-state index contributed by atoms with van der Waals surface area (Å²) in [4.78, 5) is 25.4. The second-order valence-corrected chi connectivity index (χ2v) is 4.02. The van der Waals surface area contributed by atoms with E-state index < -0.39 is 5.97 Å². The van der Waals surface area contributed by atoms with Gasteiger partial charge in [0.25, 0.3) is 0 Å². The Bertz CT molecular complexity index is 583. The van der Waals surface area contributed by atoms with Crippen molar-refractivity contribution in [3.63, 3.8) is 0 Å². The van der Waals surface area contributed by atoms with Gasteiger partial charge in [0.2, 0.25) is 0 Å². The second kappa shape index (κ2) is 4.41. The van der Waals surface area contributed by atoms with Crippen molar-refractivity contribution in [1.29, 1.82) is 0 Å². The number of Topliss-reactive ketones (excluding diaryl/α,β-unsaturated/α-hetero) is 1. The summed E-state index contributed by atoms with van der Waals surface area (Å²) in [5, 5.41) is 9.46. The molecule has 0 radical (unpaired) electrons. The summed E-state index contributed by atoms with van der Waals surface area (Å²) >= 11 is 0. The van der Waals surface area contributed by atoms with Crippen LogP contribution < -0.4 is 0 Å². The largest absolute Gasteiger partial charge is 0.481 e. The average molecular weight is 231 g/mol. The SMILES string of the molecule is Cc1cccc2[nH]cc(C(=O)CCC(=O)O)c12. The third-order valence-electron chi connectivity index (χ3n) is 2.78. The minimum atomic E-state index is -0.949. The molecule has 4 heteroatoms. The van der Waals surface area contributed by atoms with Crippen molar-refractivity contribution >= 4 is 22.7 Å². The van der Waals surface area contributed by atoms with E-state index in [1.54, 1.807) is 6.20 Å². The molecule has 17 heavy (non-hydrogen) atoms. The fraction of sp³-hybridized carbons (Fsp3) is 0.231. The molecule has 1 aromatic heterocycles. The number of hydrogen-bond acceptors (Lipinski definition) is 2. The van der Waals surface area contributed by atoms with Gasteiger partial charge in [-0.2, -0.15) is 0 Å². The Labute approximate surface area is 98.3 Å². The van der Waals surface area contributed by atoms with E-state index in [-0.39, 0.29) is 18.6 Å². The van der Waals surface area contributed by atoms with E-state index >= 15 is 0 Å². The maximum atomic E-state index is 11.9. The summed E-state index contributed by atoms with van der Waals surface area (Å²) in [5.41, 5.74) is 2.51. The Morgan fingerprint density at radius 1 is 1.29 bits per heavy atom. The number of carbonyl (C=O) groups is 2. The zero-order chi connectivity index (χ0) is 12.4. The number of aryl methyl sites for hydroxylation is 1. The van der Waals surface area contributed by atoms with Crippen LogP contribution >= 0.6 is 0 Å². The maximum Gasteiger partial charge on any atom is 0.303 e. The molecule has 2 N–H and O–H groups in total. The molecule has 0 spiro atoms. The molecule has 0 unspecified atom stereocenters. The molecule has 1 heterocycles. The normalized spacial score (nSPS) is 10.6. The summed E-state index contributed by atoms with van der Waals surface area (Å²) < 4.78 is 0. The Hall–Kier alpha value is -2.10. The van der Waals surface area contributed by atoms with Gasteiger partial charge in [-0.1, -0.05) is 12.1 Å². The number of carboxylic acids is 1. The molecule has 2 rings (SSSR count).